The van der Waals surface area contributed by atoms with Crippen molar-refractivity contribution >= 4 is 14.0 Å². The van der Waals surface area contributed by atoms with Crippen molar-refractivity contribution in [3.63, 3.8) is 0 Å². The van der Waals surface area contributed by atoms with E-state index >= 15 is 0 Å². The third-order valence-corrected chi connectivity index (χ3v) is 3.17. The van der Waals surface area contributed by atoms with Gasteiger partial charge in [0.2, 0.25) is 0 Å². The molecule has 0 radical (unpaired) electrons. The molecule has 0 bridgehead atoms. The molecule has 86 valence electrons. The van der Waals surface area contributed by atoms with E-state index in [4.69, 9.17) is 4.74 Å². The Morgan fingerprint density at radius 1 is 1.25 bits per heavy atom. The first-order chi connectivity index (χ1) is 7.49. The highest BCUT2D eigenvalue weighted by Crippen LogP contribution is 2.03. The van der Waals surface area contributed by atoms with Crippen LogP contribution in [0.15, 0.2) is 42.1 Å². The van der Waals surface area contributed by atoms with Gasteiger partial charge in [-0.05, 0) is 12.1 Å². The molecule has 0 aliphatic carbocycles. The second-order valence-corrected chi connectivity index (χ2v) is 9.80. The van der Waals surface area contributed by atoms with Crippen molar-refractivity contribution in [3.8, 4) is 0 Å². The molecule has 0 fully saturated rings. The minimum atomic E-state index is -1.18. The van der Waals surface area contributed by atoms with Crippen LogP contribution >= 0.6 is 0 Å². The van der Waals surface area contributed by atoms with Gasteiger partial charge in [-0.2, -0.15) is 0 Å². The van der Waals surface area contributed by atoms with Crippen LogP contribution in [0.5, 0.6) is 0 Å². The molecule has 0 heterocycles. The molecular formula is C13H18O2Si. The summed E-state index contributed by atoms with van der Waals surface area (Å²) in [6.45, 7) is 7.07. The molecule has 1 rings (SSSR count). The van der Waals surface area contributed by atoms with Crippen molar-refractivity contribution in [1.29, 1.82) is 0 Å². The molecule has 0 aliphatic heterocycles. The third kappa shape index (κ3) is 4.93. The lowest BCUT2D eigenvalue weighted by Crippen LogP contribution is -2.16. The summed E-state index contributed by atoms with van der Waals surface area (Å²) < 4.78 is 5.12. The molecule has 0 aliphatic rings. The molecule has 1 aromatic carbocycles. The minimum absolute atomic E-state index is 0.263. The van der Waals surface area contributed by atoms with Gasteiger partial charge < -0.3 is 4.74 Å². The fourth-order valence-corrected chi connectivity index (χ4v) is 1.99. The van der Waals surface area contributed by atoms with E-state index < -0.39 is 8.07 Å². The Kier molecular flexibility index (Phi) is 4.49. The summed E-state index contributed by atoms with van der Waals surface area (Å²) in [7, 11) is -1.18. The van der Waals surface area contributed by atoms with Gasteiger partial charge in [-0.25, -0.2) is 4.79 Å². The molecule has 0 spiro atoms. The van der Waals surface area contributed by atoms with Gasteiger partial charge in [0.1, 0.15) is 6.61 Å². The Labute approximate surface area is 98.0 Å². The lowest BCUT2D eigenvalue weighted by molar-refractivity contribution is 0.0549. The lowest BCUT2D eigenvalue weighted by atomic mass is 10.2. The van der Waals surface area contributed by atoms with Crippen molar-refractivity contribution in [3.05, 3.63) is 47.7 Å². The van der Waals surface area contributed by atoms with Crippen LogP contribution in [0.25, 0.3) is 0 Å². The van der Waals surface area contributed by atoms with E-state index in [2.05, 4.69) is 25.3 Å². The van der Waals surface area contributed by atoms with Gasteiger partial charge in [0.05, 0.1) is 13.6 Å². The number of esters is 1. The monoisotopic (exact) mass is 234 g/mol. The molecule has 0 saturated carbocycles. The summed E-state index contributed by atoms with van der Waals surface area (Å²) in [6.07, 6.45) is 1.94. The molecule has 0 saturated heterocycles. The van der Waals surface area contributed by atoms with Gasteiger partial charge in [-0.15, -0.1) is 0 Å². The van der Waals surface area contributed by atoms with Crippen molar-refractivity contribution in [1.82, 2.24) is 0 Å². The second-order valence-electron chi connectivity index (χ2n) is 4.73. The number of rotatable bonds is 4. The van der Waals surface area contributed by atoms with Crippen LogP contribution in [0, 0.1) is 0 Å². The van der Waals surface area contributed by atoms with E-state index in [1.165, 1.54) is 0 Å². The zero-order valence-electron chi connectivity index (χ0n) is 10.1. The highest BCUT2D eigenvalue weighted by atomic mass is 28.3. The smallest absolute Gasteiger partial charge is 0.338 e. The van der Waals surface area contributed by atoms with Crippen LogP contribution in [-0.2, 0) is 4.74 Å². The van der Waals surface area contributed by atoms with Crippen LogP contribution in [0.1, 0.15) is 10.4 Å². The van der Waals surface area contributed by atoms with E-state index in [0.29, 0.717) is 12.2 Å². The van der Waals surface area contributed by atoms with E-state index in [-0.39, 0.29) is 5.97 Å². The van der Waals surface area contributed by atoms with E-state index in [0.717, 1.165) is 0 Å². The largest absolute Gasteiger partial charge is 0.458 e. The maximum absolute atomic E-state index is 11.5. The van der Waals surface area contributed by atoms with Gasteiger partial charge in [0, 0.05) is 0 Å². The summed E-state index contributed by atoms with van der Waals surface area (Å²) in [6, 6.07) is 9.04. The van der Waals surface area contributed by atoms with Gasteiger partial charge in [-0.1, -0.05) is 49.6 Å². The van der Waals surface area contributed by atoms with Gasteiger partial charge in [0.15, 0.2) is 0 Å². The van der Waals surface area contributed by atoms with Crippen LogP contribution in [0.4, 0.5) is 0 Å². The predicted octanol–water partition coefficient (Wildman–Crippen LogP) is 3.28. The summed E-state index contributed by atoms with van der Waals surface area (Å²) in [5, 5.41) is 0. The first-order valence-corrected chi connectivity index (χ1v) is 8.97. The fraction of sp³-hybridized carbons (Fsp3) is 0.308. The standard InChI is InChI=1S/C13H18O2Si/c1-16(2,3)11-7-10-15-13(14)12-8-5-4-6-9-12/h4-9,11H,10H2,1-3H3/b11-7+. The topological polar surface area (TPSA) is 26.3 Å². The van der Waals surface area contributed by atoms with Gasteiger partial charge in [-0.3, -0.25) is 0 Å². The molecule has 0 N–H and O–H groups in total. The molecule has 0 aromatic heterocycles. The van der Waals surface area contributed by atoms with Crippen LogP contribution in [-0.4, -0.2) is 20.7 Å². The van der Waals surface area contributed by atoms with E-state index in [9.17, 15) is 4.79 Å². The molecule has 3 heteroatoms. The quantitative estimate of drug-likeness (QED) is 0.590. The van der Waals surface area contributed by atoms with Crippen molar-refractivity contribution < 1.29 is 9.53 Å². The highest BCUT2D eigenvalue weighted by Gasteiger charge is 2.07. The summed E-state index contributed by atoms with van der Waals surface area (Å²) in [5.41, 5.74) is 2.77. The molecule has 16 heavy (non-hydrogen) atoms. The average Bonchev–Trinajstić information content (AvgIpc) is 2.24. The number of carbonyl (C=O) groups excluding carboxylic acids is 1. The Balaban J connectivity index is 2.40. The Bertz CT molecular complexity index is 363. The molecular weight excluding hydrogens is 216 g/mol. The zero-order valence-corrected chi connectivity index (χ0v) is 11.1. The van der Waals surface area contributed by atoms with Crippen LogP contribution < -0.4 is 0 Å². The SMILES string of the molecule is C[Si](C)(C)/C=C/COC(=O)c1ccccc1. The van der Waals surface area contributed by atoms with E-state index in [1.807, 2.05) is 24.3 Å². The Morgan fingerprint density at radius 2 is 1.88 bits per heavy atom. The maximum atomic E-state index is 11.5. The highest BCUT2D eigenvalue weighted by molar-refractivity contribution is 6.80. The normalized spacial score (nSPS) is 11.7. The van der Waals surface area contributed by atoms with Crippen LogP contribution in [0.2, 0.25) is 19.6 Å². The number of benzene rings is 1. The molecule has 2 nitrogen and oxygen atoms in total. The lowest BCUT2D eigenvalue weighted by Gasteiger charge is -2.08. The minimum Gasteiger partial charge on any atom is -0.458 e. The number of hydrogen-bond donors (Lipinski definition) is 0. The van der Waals surface area contributed by atoms with Gasteiger partial charge >= 0.3 is 5.97 Å². The van der Waals surface area contributed by atoms with Crippen molar-refractivity contribution in [2.45, 2.75) is 19.6 Å². The zero-order chi connectivity index (χ0) is 12.0. The fourth-order valence-electron chi connectivity index (χ4n) is 1.18. The van der Waals surface area contributed by atoms with Crippen LogP contribution in [0.3, 0.4) is 0 Å². The number of carbonyl (C=O) groups is 1. The summed E-state index contributed by atoms with van der Waals surface area (Å²) in [4.78, 5) is 11.5. The number of ether oxygens (including phenoxy) is 1. The second kappa shape index (κ2) is 5.65. The Morgan fingerprint density at radius 3 is 2.44 bits per heavy atom. The van der Waals surface area contributed by atoms with Crippen molar-refractivity contribution in [2.24, 2.45) is 0 Å². The molecule has 0 amide bonds. The Hall–Kier alpha value is -1.35. The molecule has 1 aromatic rings. The predicted molar refractivity (Wildman–Crippen MR) is 69.2 cm³/mol. The summed E-state index contributed by atoms with van der Waals surface area (Å²) >= 11 is 0. The summed E-state index contributed by atoms with van der Waals surface area (Å²) in [5.74, 6) is -0.263. The first kappa shape index (κ1) is 12.7. The van der Waals surface area contributed by atoms with E-state index in [1.54, 1.807) is 12.1 Å². The van der Waals surface area contributed by atoms with Crippen molar-refractivity contribution in [2.75, 3.05) is 6.61 Å². The molecule has 0 unspecified atom stereocenters. The maximum Gasteiger partial charge on any atom is 0.338 e. The first-order valence-electron chi connectivity index (χ1n) is 5.39. The van der Waals surface area contributed by atoms with Gasteiger partial charge in [0.25, 0.3) is 0 Å². The third-order valence-electron chi connectivity index (χ3n) is 1.94. The number of hydrogen-bond acceptors (Lipinski definition) is 2. The average molecular weight is 234 g/mol. The molecule has 0 atom stereocenters.